The Morgan fingerprint density at radius 1 is 1.02 bits per heavy atom. The van der Waals surface area contributed by atoms with Gasteiger partial charge < -0.3 is 20.4 Å². The highest BCUT2D eigenvalue weighted by atomic mass is 16.4. The van der Waals surface area contributed by atoms with Crippen LogP contribution in [0.25, 0.3) is 33.4 Å². The van der Waals surface area contributed by atoms with Crippen LogP contribution >= 0.6 is 0 Å². The van der Waals surface area contributed by atoms with E-state index in [1.165, 1.54) is 25.9 Å². The van der Waals surface area contributed by atoms with Gasteiger partial charge in [-0.15, -0.1) is 0 Å². The Labute approximate surface area is 233 Å². The molecule has 10 nitrogen and oxygen atoms in total. The number of benzene rings is 1. The SMILES string of the molecule is CC1CC=CC=C1Nc1nc2ccc(-c3nn(C4CCC(N5CCN(C)CC5)CC4)c4ncnc(N)c34)cc2o1. The predicted octanol–water partition coefficient (Wildman–Crippen LogP) is 4.84. The minimum atomic E-state index is 0.291. The Morgan fingerprint density at radius 2 is 1.82 bits per heavy atom. The van der Waals surface area contributed by atoms with Crippen molar-refractivity contribution in [2.75, 3.05) is 44.3 Å². The minimum absolute atomic E-state index is 0.291. The third-order valence-electron chi connectivity index (χ3n) is 8.93. The molecule has 1 aromatic carbocycles. The zero-order valence-corrected chi connectivity index (χ0v) is 23.3. The predicted molar refractivity (Wildman–Crippen MR) is 158 cm³/mol. The molecule has 3 N–H and O–H groups in total. The number of nitrogens with zero attached hydrogens (tertiary/aromatic N) is 7. The summed E-state index contributed by atoms with van der Waals surface area (Å²) in [5.41, 5.74) is 11.5. The highest BCUT2D eigenvalue weighted by molar-refractivity contribution is 5.99. The molecule has 1 saturated carbocycles. The molecule has 0 amide bonds. The van der Waals surface area contributed by atoms with Gasteiger partial charge in [-0.25, -0.2) is 14.6 Å². The van der Waals surface area contributed by atoms with Crippen molar-refractivity contribution in [3.8, 4) is 11.3 Å². The van der Waals surface area contributed by atoms with Crippen molar-refractivity contribution < 1.29 is 4.42 Å². The van der Waals surface area contributed by atoms with Gasteiger partial charge in [-0.2, -0.15) is 10.1 Å². The fourth-order valence-electron chi connectivity index (χ4n) is 6.47. The highest BCUT2D eigenvalue weighted by Crippen LogP contribution is 2.38. The summed E-state index contributed by atoms with van der Waals surface area (Å²) in [5.74, 6) is 0.842. The monoisotopic (exact) mass is 539 g/mol. The zero-order chi connectivity index (χ0) is 27.2. The second-order valence-electron chi connectivity index (χ2n) is 11.6. The molecule has 0 radical (unpaired) electrons. The number of oxazole rings is 1. The first-order valence-electron chi connectivity index (χ1n) is 14.5. The second-order valence-corrected chi connectivity index (χ2v) is 11.6. The number of hydrogen-bond acceptors (Lipinski definition) is 9. The van der Waals surface area contributed by atoms with Crippen LogP contribution < -0.4 is 11.1 Å². The summed E-state index contributed by atoms with van der Waals surface area (Å²) in [7, 11) is 2.21. The van der Waals surface area contributed by atoms with Crippen molar-refractivity contribution >= 4 is 34.0 Å². The van der Waals surface area contributed by atoms with Crippen LogP contribution in [-0.2, 0) is 0 Å². The molecule has 1 aliphatic heterocycles. The third-order valence-corrected chi connectivity index (χ3v) is 8.93. The van der Waals surface area contributed by atoms with Gasteiger partial charge in [-0.3, -0.25) is 4.90 Å². The summed E-state index contributed by atoms with van der Waals surface area (Å²) >= 11 is 0. The Kier molecular flexibility index (Phi) is 6.51. The summed E-state index contributed by atoms with van der Waals surface area (Å²) in [4.78, 5) is 18.7. The number of hydrogen-bond donors (Lipinski definition) is 2. The summed E-state index contributed by atoms with van der Waals surface area (Å²) in [6, 6.07) is 7.45. The molecule has 10 heteroatoms. The average molecular weight is 540 g/mol. The van der Waals surface area contributed by atoms with Gasteiger partial charge in [-0.05, 0) is 63.3 Å². The molecule has 40 heavy (non-hydrogen) atoms. The van der Waals surface area contributed by atoms with E-state index in [0.717, 1.165) is 65.9 Å². The van der Waals surface area contributed by atoms with Crippen molar-refractivity contribution in [1.29, 1.82) is 0 Å². The molecule has 4 heterocycles. The number of anilines is 2. The number of nitrogens with two attached hydrogens (primary N) is 1. The topological polar surface area (TPSA) is 114 Å². The Balaban J connectivity index is 1.16. The molecule has 2 fully saturated rings. The molecule has 3 aliphatic rings. The van der Waals surface area contributed by atoms with Crippen molar-refractivity contribution in [2.24, 2.45) is 5.92 Å². The molecular weight excluding hydrogens is 502 g/mol. The van der Waals surface area contributed by atoms with E-state index in [1.54, 1.807) is 6.33 Å². The highest BCUT2D eigenvalue weighted by Gasteiger charge is 2.31. The van der Waals surface area contributed by atoms with Crippen LogP contribution in [0.4, 0.5) is 11.8 Å². The van der Waals surface area contributed by atoms with E-state index in [-0.39, 0.29) is 0 Å². The number of aromatic nitrogens is 5. The van der Waals surface area contributed by atoms with Crippen LogP contribution in [0, 0.1) is 5.92 Å². The van der Waals surface area contributed by atoms with Gasteiger partial charge >= 0.3 is 0 Å². The lowest BCUT2D eigenvalue weighted by molar-refractivity contribution is 0.0815. The number of allylic oxidation sites excluding steroid dienone is 4. The normalized spacial score (nSPS) is 24.6. The lowest BCUT2D eigenvalue weighted by atomic mass is 9.90. The Hall–Kier alpha value is -3.76. The standard InChI is InChI=1S/C30H37N9O/c1-19-5-3-4-6-23(19)34-30-35-24-12-7-20(17-25(24)40-30)27-26-28(31)32-18-33-29(26)39(36-27)22-10-8-21(9-11-22)38-15-13-37(2)14-16-38/h3-4,6-7,12,17-19,21-22H,5,8-11,13-16H2,1-2H3,(H,34,35)(H2,31,32,33). The van der Waals surface area contributed by atoms with Crippen LogP contribution in [0.5, 0.6) is 0 Å². The van der Waals surface area contributed by atoms with Crippen molar-refractivity contribution in [2.45, 2.75) is 51.1 Å². The number of nitrogen functional groups attached to an aromatic ring is 1. The molecule has 3 aromatic heterocycles. The first-order valence-corrected chi connectivity index (χ1v) is 14.5. The van der Waals surface area contributed by atoms with E-state index in [9.17, 15) is 0 Å². The van der Waals surface area contributed by atoms with E-state index in [0.29, 0.717) is 35.4 Å². The number of nitrogens with one attached hydrogen (secondary N) is 1. The molecule has 0 bridgehead atoms. The fraction of sp³-hybridized carbons (Fsp3) is 0.467. The summed E-state index contributed by atoms with van der Waals surface area (Å²) < 4.78 is 8.23. The summed E-state index contributed by atoms with van der Waals surface area (Å²) in [5, 5.41) is 9.29. The van der Waals surface area contributed by atoms with Crippen LogP contribution in [0.3, 0.4) is 0 Å². The van der Waals surface area contributed by atoms with Gasteiger partial charge in [0.25, 0.3) is 6.01 Å². The van der Waals surface area contributed by atoms with Crippen molar-refractivity contribution in [3.63, 3.8) is 0 Å². The number of piperazine rings is 1. The summed E-state index contributed by atoms with van der Waals surface area (Å²) in [6.07, 6.45) is 13.4. The number of likely N-dealkylation sites (N-methyl/N-ethyl adjacent to an activating group) is 1. The van der Waals surface area contributed by atoms with E-state index >= 15 is 0 Å². The van der Waals surface area contributed by atoms with E-state index in [1.807, 2.05) is 18.2 Å². The zero-order valence-electron chi connectivity index (χ0n) is 23.3. The Morgan fingerprint density at radius 3 is 2.62 bits per heavy atom. The molecular formula is C30H37N9O. The van der Waals surface area contributed by atoms with Crippen LogP contribution in [-0.4, -0.2) is 73.8 Å². The number of fused-ring (bicyclic) bond motifs is 2. The molecule has 1 atom stereocenters. The largest absolute Gasteiger partial charge is 0.423 e. The maximum Gasteiger partial charge on any atom is 0.300 e. The van der Waals surface area contributed by atoms with Gasteiger partial charge in [-0.1, -0.05) is 25.1 Å². The van der Waals surface area contributed by atoms with Gasteiger partial charge in [0.2, 0.25) is 0 Å². The van der Waals surface area contributed by atoms with Crippen LogP contribution in [0.1, 0.15) is 45.1 Å². The molecule has 1 saturated heterocycles. The molecule has 208 valence electrons. The van der Waals surface area contributed by atoms with Crippen molar-refractivity contribution in [3.05, 3.63) is 48.5 Å². The van der Waals surface area contributed by atoms with Crippen LogP contribution in [0.15, 0.2) is 52.9 Å². The Bertz CT molecular complexity index is 1590. The minimum Gasteiger partial charge on any atom is -0.423 e. The fourth-order valence-corrected chi connectivity index (χ4v) is 6.47. The average Bonchev–Trinajstić information content (AvgIpc) is 3.56. The number of rotatable bonds is 5. The maximum absolute atomic E-state index is 6.43. The lowest BCUT2D eigenvalue weighted by Crippen LogP contribution is -2.49. The smallest absolute Gasteiger partial charge is 0.300 e. The first kappa shape index (κ1) is 25.2. The van der Waals surface area contributed by atoms with Gasteiger partial charge in [0.15, 0.2) is 11.2 Å². The third kappa shape index (κ3) is 4.65. The molecule has 4 aromatic rings. The van der Waals surface area contributed by atoms with Gasteiger partial charge in [0, 0.05) is 43.5 Å². The first-order chi connectivity index (χ1) is 19.5. The van der Waals surface area contributed by atoms with E-state index in [4.69, 9.17) is 15.2 Å². The summed E-state index contributed by atoms with van der Waals surface area (Å²) in [6.45, 7) is 6.84. The molecule has 1 unspecified atom stereocenters. The van der Waals surface area contributed by atoms with Gasteiger partial charge in [0.05, 0.1) is 11.4 Å². The van der Waals surface area contributed by atoms with E-state index in [2.05, 4.69) is 66.9 Å². The lowest BCUT2D eigenvalue weighted by Gasteiger charge is -2.41. The quantitative estimate of drug-likeness (QED) is 0.368. The molecule has 2 aliphatic carbocycles. The van der Waals surface area contributed by atoms with Gasteiger partial charge in [0.1, 0.15) is 23.4 Å². The van der Waals surface area contributed by atoms with E-state index < -0.39 is 0 Å². The molecule has 7 rings (SSSR count). The second kappa shape index (κ2) is 10.3. The van der Waals surface area contributed by atoms with Crippen LogP contribution in [0.2, 0.25) is 0 Å². The van der Waals surface area contributed by atoms with Crippen molar-refractivity contribution in [1.82, 2.24) is 34.5 Å². The maximum atomic E-state index is 6.43. The molecule has 0 spiro atoms.